The van der Waals surface area contributed by atoms with E-state index in [1.807, 2.05) is 18.4 Å². The molecule has 0 bridgehead atoms. The second-order valence-corrected chi connectivity index (χ2v) is 8.15. The maximum absolute atomic E-state index is 5.48. The fourth-order valence-corrected chi connectivity index (χ4v) is 5.11. The molecule has 25 heavy (non-hydrogen) atoms. The number of morpholine rings is 1. The van der Waals surface area contributed by atoms with Gasteiger partial charge in [-0.1, -0.05) is 6.92 Å². The van der Waals surface area contributed by atoms with Gasteiger partial charge in [-0.05, 0) is 30.7 Å². The maximum atomic E-state index is 5.48. The van der Waals surface area contributed by atoms with Gasteiger partial charge in [-0.15, -0.1) is 11.3 Å². The third-order valence-electron chi connectivity index (χ3n) is 5.22. The number of thiophene rings is 1. The molecule has 2 aromatic rings. The van der Waals surface area contributed by atoms with E-state index >= 15 is 0 Å². The molecule has 0 N–H and O–H groups in total. The molecule has 0 spiro atoms. The smallest absolute Gasteiger partial charge is 0.164 e. The van der Waals surface area contributed by atoms with Crippen molar-refractivity contribution in [3.63, 3.8) is 0 Å². The molecule has 2 aliphatic rings. The summed E-state index contributed by atoms with van der Waals surface area (Å²) in [6.07, 6.45) is 3.52. The fraction of sp³-hybridized carbons (Fsp3) is 0.667. The molecule has 0 radical (unpaired) electrons. The fourth-order valence-electron chi connectivity index (χ4n) is 3.71. The summed E-state index contributed by atoms with van der Waals surface area (Å²) in [5, 5.41) is 2.97. The molecule has 1 fully saturated rings. The summed E-state index contributed by atoms with van der Waals surface area (Å²) in [5.74, 6) is 2.53. The van der Waals surface area contributed by atoms with Crippen LogP contribution in [0, 0.1) is 5.92 Å². The zero-order valence-corrected chi connectivity index (χ0v) is 16.1. The second kappa shape index (κ2) is 7.15. The topological polar surface area (TPSA) is 50.7 Å². The van der Waals surface area contributed by atoms with Crippen molar-refractivity contribution in [1.29, 1.82) is 0 Å². The van der Waals surface area contributed by atoms with Crippen molar-refractivity contribution in [2.45, 2.75) is 32.7 Å². The predicted octanol–water partition coefficient (Wildman–Crippen LogP) is 2.65. The van der Waals surface area contributed by atoms with E-state index in [-0.39, 0.29) is 0 Å². The first-order valence-electron chi connectivity index (χ1n) is 9.04. The van der Waals surface area contributed by atoms with Crippen molar-refractivity contribution in [1.82, 2.24) is 14.9 Å². The quantitative estimate of drug-likeness (QED) is 0.780. The van der Waals surface area contributed by atoms with Crippen LogP contribution in [-0.2, 0) is 29.0 Å². The van der Waals surface area contributed by atoms with Gasteiger partial charge in [-0.2, -0.15) is 0 Å². The molecule has 4 rings (SSSR count). The predicted molar refractivity (Wildman–Crippen MR) is 100 cm³/mol. The normalized spacial score (nSPS) is 21.5. The minimum absolute atomic E-state index is 0.755. The number of ether oxygens (including phenoxy) is 1. The van der Waals surface area contributed by atoms with Crippen LogP contribution in [0.15, 0.2) is 0 Å². The molecule has 1 aliphatic heterocycles. The maximum Gasteiger partial charge on any atom is 0.164 e. The van der Waals surface area contributed by atoms with Gasteiger partial charge in [0.1, 0.15) is 10.7 Å². The summed E-state index contributed by atoms with van der Waals surface area (Å²) in [4.78, 5) is 20.2. The van der Waals surface area contributed by atoms with Gasteiger partial charge in [-0.3, -0.25) is 9.74 Å². The Morgan fingerprint density at radius 2 is 2.12 bits per heavy atom. The van der Waals surface area contributed by atoms with Crippen LogP contribution in [0.4, 0.5) is 5.82 Å². The number of rotatable bonds is 4. The van der Waals surface area contributed by atoms with Gasteiger partial charge in [0.2, 0.25) is 0 Å². The van der Waals surface area contributed by atoms with Crippen LogP contribution in [0.3, 0.4) is 0 Å². The van der Waals surface area contributed by atoms with E-state index in [0.29, 0.717) is 0 Å². The zero-order valence-electron chi connectivity index (χ0n) is 15.2. The Bertz CT molecular complexity index is 757. The van der Waals surface area contributed by atoms with Crippen LogP contribution >= 0.6 is 11.3 Å². The first-order valence-corrected chi connectivity index (χ1v) is 9.86. The highest BCUT2D eigenvalue weighted by Gasteiger charge is 2.25. The Morgan fingerprint density at radius 1 is 1.32 bits per heavy atom. The van der Waals surface area contributed by atoms with Gasteiger partial charge in [0.25, 0.3) is 0 Å². The highest BCUT2D eigenvalue weighted by Crippen LogP contribution is 2.40. The number of hydrogen-bond donors (Lipinski definition) is 0. The lowest BCUT2D eigenvalue weighted by molar-refractivity contribution is 0.0331. The Balaban J connectivity index is 1.75. The molecule has 1 saturated heterocycles. The van der Waals surface area contributed by atoms with Gasteiger partial charge in [0, 0.05) is 25.0 Å². The van der Waals surface area contributed by atoms with Gasteiger partial charge >= 0.3 is 0 Å². The number of fused-ring (bicyclic) bond motifs is 3. The Labute approximate surface area is 152 Å². The molecule has 0 amide bonds. The van der Waals surface area contributed by atoms with Gasteiger partial charge < -0.3 is 4.74 Å². The zero-order chi connectivity index (χ0) is 17.4. The van der Waals surface area contributed by atoms with Crippen molar-refractivity contribution >= 4 is 27.4 Å². The van der Waals surface area contributed by atoms with Crippen LogP contribution in [0.5, 0.6) is 0 Å². The largest absolute Gasteiger partial charge is 0.379 e. The molecule has 1 aliphatic carbocycles. The van der Waals surface area contributed by atoms with Crippen LogP contribution < -0.4 is 5.06 Å². The highest BCUT2D eigenvalue weighted by atomic mass is 32.1. The average molecular weight is 362 g/mol. The van der Waals surface area contributed by atoms with E-state index in [9.17, 15) is 0 Å². The van der Waals surface area contributed by atoms with Crippen LogP contribution in [0.2, 0.25) is 0 Å². The molecule has 1 atom stereocenters. The average Bonchev–Trinajstić information content (AvgIpc) is 2.98. The molecule has 6 nitrogen and oxygen atoms in total. The van der Waals surface area contributed by atoms with E-state index in [0.717, 1.165) is 68.1 Å². The molecule has 3 heterocycles. The third kappa shape index (κ3) is 3.38. The minimum Gasteiger partial charge on any atom is -0.379 e. The van der Waals surface area contributed by atoms with Crippen molar-refractivity contribution in [2.24, 2.45) is 5.92 Å². The summed E-state index contributed by atoms with van der Waals surface area (Å²) in [7, 11) is 3.62. The number of aromatic nitrogens is 2. The Morgan fingerprint density at radius 3 is 2.88 bits per heavy atom. The third-order valence-corrected chi connectivity index (χ3v) is 6.37. The summed E-state index contributed by atoms with van der Waals surface area (Å²) in [5.41, 5.74) is 1.44. The lowest BCUT2D eigenvalue weighted by Crippen LogP contribution is -2.36. The molecule has 0 saturated carbocycles. The second-order valence-electron chi connectivity index (χ2n) is 7.06. The summed E-state index contributed by atoms with van der Waals surface area (Å²) < 4.78 is 5.44. The van der Waals surface area contributed by atoms with Crippen LogP contribution in [0.1, 0.15) is 29.6 Å². The summed E-state index contributed by atoms with van der Waals surface area (Å²) >= 11 is 1.85. The lowest BCUT2D eigenvalue weighted by Gasteiger charge is -2.26. The summed E-state index contributed by atoms with van der Waals surface area (Å²) in [6.45, 7) is 6.56. The first-order chi connectivity index (χ1) is 12.2. The van der Waals surface area contributed by atoms with E-state index in [2.05, 4.69) is 11.8 Å². The van der Waals surface area contributed by atoms with Crippen molar-refractivity contribution in [3.05, 3.63) is 16.3 Å². The minimum atomic E-state index is 0.755. The van der Waals surface area contributed by atoms with Gasteiger partial charge in [0.15, 0.2) is 5.82 Å². The number of aryl methyl sites for hydroxylation is 1. The van der Waals surface area contributed by atoms with E-state index < -0.39 is 0 Å². The Hall–Kier alpha value is -1.28. The van der Waals surface area contributed by atoms with Crippen LogP contribution in [-0.4, -0.2) is 55.3 Å². The van der Waals surface area contributed by atoms with E-state index in [1.54, 1.807) is 12.2 Å². The molecule has 7 heteroatoms. The first kappa shape index (κ1) is 17.1. The van der Waals surface area contributed by atoms with E-state index in [1.165, 1.54) is 22.2 Å². The van der Waals surface area contributed by atoms with E-state index in [4.69, 9.17) is 19.5 Å². The monoisotopic (exact) mass is 362 g/mol. The van der Waals surface area contributed by atoms with Crippen LogP contribution in [0.25, 0.3) is 10.2 Å². The van der Waals surface area contributed by atoms with Gasteiger partial charge in [0.05, 0.1) is 32.3 Å². The number of anilines is 1. The van der Waals surface area contributed by atoms with Crippen molar-refractivity contribution in [2.75, 3.05) is 45.5 Å². The molecule has 136 valence electrons. The summed E-state index contributed by atoms with van der Waals surface area (Å²) in [6, 6.07) is 0. The lowest BCUT2D eigenvalue weighted by atomic mass is 9.89. The molecule has 2 aromatic heterocycles. The van der Waals surface area contributed by atoms with Crippen molar-refractivity contribution < 1.29 is 9.57 Å². The number of nitrogens with zero attached hydrogens (tertiary/aromatic N) is 4. The van der Waals surface area contributed by atoms with Gasteiger partial charge in [-0.25, -0.2) is 15.0 Å². The molecule has 0 unspecified atom stereocenters. The standard InChI is InChI=1S/C18H26N4O2S/c1-12-4-5-13-14(10-12)25-18-16(13)17(21(2)23-3)19-15(20-18)11-22-6-8-24-9-7-22/h12H,4-11H2,1-3H3/t12-/m0/s1. The SMILES string of the molecule is CON(C)c1nc(CN2CCOCC2)nc2sc3c(c12)CC[C@H](C)C3. The number of hydrogen-bond acceptors (Lipinski definition) is 7. The molecular weight excluding hydrogens is 336 g/mol. The Kier molecular flexibility index (Phi) is 4.90. The molecule has 0 aromatic carbocycles. The number of hydroxylamine groups is 1. The highest BCUT2D eigenvalue weighted by molar-refractivity contribution is 7.19. The molecular formula is C18H26N4O2S. The van der Waals surface area contributed by atoms with Crippen molar-refractivity contribution in [3.8, 4) is 0 Å².